The average Bonchev–Trinajstić information content (AvgIpc) is 2.68. The number of nitrogens with zero attached hydrogens (tertiary/aromatic N) is 3. The fourth-order valence-electron chi connectivity index (χ4n) is 3.64. The number of hydrogen-bond donors (Lipinski definition) is 1. The molecule has 2 aromatic carbocycles. The molecule has 25 heavy (non-hydrogen) atoms. The van der Waals surface area contributed by atoms with Crippen molar-refractivity contribution in [1.29, 1.82) is 0 Å². The summed E-state index contributed by atoms with van der Waals surface area (Å²) in [5.41, 5.74) is 2.15. The van der Waals surface area contributed by atoms with E-state index in [4.69, 9.17) is 4.74 Å². The lowest BCUT2D eigenvalue weighted by Gasteiger charge is -2.34. The molecule has 1 N–H and O–H groups in total. The third kappa shape index (κ3) is 2.97. The van der Waals surface area contributed by atoms with Crippen LogP contribution in [0.15, 0.2) is 48.8 Å². The van der Waals surface area contributed by atoms with Crippen LogP contribution < -0.4 is 9.64 Å². The van der Waals surface area contributed by atoms with Crippen molar-refractivity contribution >= 4 is 16.7 Å². The molecule has 1 aliphatic heterocycles. The number of aromatic hydroxyl groups is 1. The quantitative estimate of drug-likeness (QED) is 0.790. The molecule has 5 nitrogen and oxygen atoms in total. The Labute approximate surface area is 146 Å². The largest absolute Gasteiger partial charge is 0.504 e. The van der Waals surface area contributed by atoms with Crippen LogP contribution >= 0.6 is 0 Å². The Morgan fingerprint density at radius 2 is 2.00 bits per heavy atom. The SMILES string of the molecule is COc1cc2ncnc(N3CCCC(c4ccccc4)C3)c2cc1O. The highest BCUT2D eigenvalue weighted by atomic mass is 16.5. The minimum atomic E-state index is 0.114. The van der Waals surface area contributed by atoms with Gasteiger partial charge in [0.2, 0.25) is 0 Å². The molecule has 1 fully saturated rings. The first-order chi connectivity index (χ1) is 12.3. The molecule has 1 saturated heterocycles. The van der Waals surface area contributed by atoms with Crippen LogP contribution in [0.2, 0.25) is 0 Å². The third-order valence-corrected chi connectivity index (χ3v) is 4.91. The molecule has 0 bridgehead atoms. The number of rotatable bonds is 3. The minimum Gasteiger partial charge on any atom is -0.504 e. The number of anilines is 1. The number of methoxy groups -OCH3 is 1. The Bertz CT molecular complexity index is 883. The van der Waals surface area contributed by atoms with Gasteiger partial charge in [-0.1, -0.05) is 30.3 Å². The summed E-state index contributed by atoms with van der Waals surface area (Å²) >= 11 is 0. The zero-order valence-corrected chi connectivity index (χ0v) is 14.2. The molecule has 0 saturated carbocycles. The van der Waals surface area contributed by atoms with E-state index in [2.05, 4.69) is 45.2 Å². The van der Waals surface area contributed by atoms with Crippen molar-refractivity contribution in [2.75, 3.05) is 25.1 Å². The van der Waals surface area contributed by atoms with Crippen LogP contribution in [0.25, 0.3) is 10.9 Å². The van der Waals surface area contributed by atoms with E-state index in [0.29, 0.717) is 11.7 Å². The summed E-state index contributed by atoms with van der Waals surface area (Å²) in [7, 11) is 1.54. The summed E-state index contributed by atoms with van der Waals surface area (Å²) in [4.78, 5) is 11.2. The van der Waals surface area contributed by atoms with Gasteiger partial charge in [-0.15, -0.1) is 0 Å². The summed E-state index contributed by atoms with van der Waals surface area (Å²) in [5.74, 6) is 1.91. The Balaban J connectivity index is 1.70. The highest BCUT2D eigenvalue weighted by molar-refractivity contribution is 5.92. The molecule has 0 radical (unpaired) electrons. The van der Waals surface area contributed by atoms with Crippen molar-refractivity contribution in [3.63, 3.8) is 0 Å². The van der Waals surface area contributed by atoms with E-state index in [9.17, 15) is 5.11 Å². The van der Waals surface area contributed by atoms with Crippen LogP contribution in [0, 0.1) is 0 Å². The molecule has 128 valence electrons. The zero-order valence-electron chi connectivity index (χ0n) is 14.2. The second-order valence-corrected chi connectivity index (χ2v) is 6.43. The molecular weight excluding hydrogens is 314 g/mol. The maximum absolute atomic E-state index is 10.2. The number of benzene rings is 2. The first-order valence-electron chi connectivity index (χ1n) is 8.58. The van der Waals surface area contributed by atoms with E-state index in [1.54, 1.807) is 18.5 Å². The maximum Gasteiger partial charge on any atom is 0.162 e. The fourth-order valence-corrected chi connectivity index (χ4v) is 3.64. The summed E-state index contributed by atoms with van der Waals surface area (Å²) in [6.45, 7) is 1.88. The second kappa shape index (κ2) is 6.59. The molecule has 0 amide bonds. The topological polar surface area (TPSA) is 58.5 Å². The Kier molecular flexibility index (Phi) is 4.14. The Morgan fingerprint density at radius 1 is 1.16 bits per heavy atom. The number of phenolic OH excluding ortho intramolecular Hbond substituents is 1. The van der Waals surface area contributed by atoms with Gasteiger partial charge >= 0.3 is 0 Å². The van der Waals surface area contributed by atoms with Gasteiger partial charge in [0.25, 0.3) is 0 Å². The summed E-state index contributed by atoms with van der Waals surface area (Å²) in [6.07, 6.45) is 3.89. The van der Waals surface area contributed by atoms with Crippen molar-refractivity contribution in [2.24, 2.45) is 0 Å². The number of ether oxygens (including phenoxy) is 1. The lowest BCUT2D eigenvalue weighted by Crippen LogP contribution is -2.35. The molecule has 0 aliphatic carbocycles. The van der Waals surface area contributed by atoms with Crippen LogP contribution in [-0.4, -0.2) is 35.3 Å². The number of piperidine rings is 1. The molecule has 3 aromatic rings. The van der Waals surface area contributed by atoms with Gasteiger partial charge in [-0.2, -0.15) is 0 Å². The highest BCUT2D eigenvalue weighted by Crippen LogP contribution is 2.36. The molecule has 1 unspecified atom stereocenters. The van der Waals surface area contributed by atoms with Crippen LogP contribution in [0.3, 0.4) is 0 Å². The van der Waals surface area contributed by atoms with Gasteiger partial charge in [0, 0.05) is 30.5 Å². The number of fused-ring (bicyclic) bond motifs is 1. The Hall–Kier alpha value is -2.82. The summed E-state index contributed by atoms with van der Waals surface area (Å²) in [6, 6.07) is 14.1. The molecule has 0 spiro atoms. The van der Waals surface area contributed by atoms with Crippen molar-refractivity contribution in [3.05, 3.63) is 54.4 Å². The predicted octanol–water partition coefficient (Wildman–Crippen LogP) is 3.73. The molecular formula is C20H21N3O2. The van der Waals surface area contributed by atoms with Gasteiger partial charge in [-0.25, -0.2) is 9.97 Å². The molecule has 5 heteroatoms. The summed E-state index contributed by atoms with van der Waals surface area (Å²) < 4.78 is 5.19. The van der Waals surface area contributed by atoms with Gasteiger partial charge in [-0.3, -0.25) is 0 Å². The van der Waals surface area contributed by atoms with Crippen LogP contribution in [-0.2, 0) is 0 Å². The van der Waals surface area contributed by atoms with Crippen LogP contribution in [0.4, 0.5) is 5.82 Å². The zero-order chi connectivity index (χ0) is 17.2. The fraction of sp³-hybridized carbons (Fsp3) is 0.300. The normalized spacial score (nSPS) is 17.6. The number of phenols is 1. The van der Waals surface area contributed by atoms with E-state index in [1.807, 2.05) is 0 Å². The highest BCUT2D eigenvalue weighted by Gasteiger charge is 2.24. The molecule has 2 heterocycles. The van der Waals surface area contributed by atoms with E-state index >= 15 is 0 Å². The smallest absolute Gasteiger partial charge is 0.162 e. The number of aromatic nitrogens is 2. The monoisotopic (exact) mass is 335 g/mol. The van der Waals surface area contributed by atoms with Crippen molar-refractivity contribution in [1.82, 2.24) is 9.97 Å². The van der Waals surface area contributed by atoms with E-state index in [-0.39, 0.29) is 5.75 Å². The van der Waals surface area contributed by atoms with E-state index < -0.39 is 0 Å². The standard InChI is InChI=1S/C20H21N3O2/c1-25-19-11-17-16(10-18(19)24)20(22-13-21-17)23-9-5-8-15(12-23)14-6-3-2-4-7-14/h2-4,6-7,10-11,13,15,24H,5,8-9,12H2,1H3. The van der Waals surface area contributed by atoms with Crippen molar-refractivity contribution < 1.29 is 9.84 Å². The van der Waals surface area contributed by atoms with Gasteiger partial charge in [0.05, 0.1) is 12.6 Å². The number of hydrogen-bond acceptors (Lipinski definition) is 5. The first kappa shape index (κ1) is 15.7. The van der Waals surface area contributed by atoms with Gasteiger partial charge in [0.1, 0.15) is 12.1 Å². The maximum atomic E-state index is 10.2. The van der Waals surface area contributed by atoms with E-state index in [1.165, 1.54) is 19.1 Å². The van der Waals surface area contributed by atoms with E-state index in [0.717, 1.165) is 36.2 Å². The molecule has 1 aromatic heterocycles. The average molecular weight is 335 g/mol. The van der Waals surface area contributed by atoms with Gasteiger partial charge in [0.15, 0.2) is 11.5 Å². The predicted molar refractivity (Wildman–Crippen MR) is 98.4 cm³/mol. The van der Waals surface area contributed by atoms with Crippen LogP contribution in [0.5, 0.6) is 11.5 Å². The van der Waals surface area contributed by atoms with Gasteiger partial charge in [-0.05, 0) is 24.5 Å². The Morgan fingerprint density at radius 3 is 2.80 bits per heavy atom. The second-order valence-electron chi connectivity index (χ2n) is 6.43. The van der Waals surface area contributed by atoms with Gasteiger partial charge < -0.3 is 14.7 Å². The third-order valence-electron chi connectivity index (χ3n) is 4.91. The lowest BCUT2D eigenvalue weighted by atomic mass is 9.90. The van der Waals surface area contributed by atoms with Crippen LogP contribution in [0.1, 0.15) is 24.3 Å². The van der Waals surface area contributed by atoms with Crippen molar-refractivity contribution in [3.8, 4) is 11.5 Å². The summed E-state index contributed by atoms with van der Waals surface area (Å²) in [5, 5.41) is 11.0. The lowest BCUT2D eigenvalue weighted by molar-refractivity contribution is 0.374. The molecule has 1 atom stereocenters. The molecule has 4 rings (SSSR count). The molecule has 1 aliphatic rings. The first-order valence-corrected chi connectivity index (χ1v) is 8.58. The minimum absolute atomic E-state index is 0.114. The van der Waals surface area contributed by atoms with Crippen molar-refractivity contribution in [2.45, 2.75) is 18.8 Å².